The van der Waals surface area contributed by atoms with Crippen LogP contribution in [-0.2, 0) is 6.18 Å². The van der Waals surface area contributed by atoms with Gasteiger partial charge in [-0.3, -0.25) is 9.78 Å². The van der Waals surface area contributed by atoms with Gasteiger partial charge in [-0.05, 0) is 73.3 Å². The van der Waals surface area contributed by atoms with Crippen molar-refractivity contribution in [2.75, 3.05) is 7.11 Å². The molecule has 1 aliphatic carbocycles. The molecule has 0 aliphatic heterocycles. The van der Waals surface area contributed by atoms with Gasteiger partial charge in [0.1, 0.15) is 0 Å². The molecule has 1 fully saturated rings. The molecule has 1 aromatic carbocycles. The van der Waals surface area contributed by atoms with E-state index in [-0.39, 0.29) is 11.7 Å². The summed E-state index contributed by atoms with van der Waals surface area (Å²) < 4.78 is 44.3. The molecule has 0 saturated heterocycles. The predicted octanol–water partition coefficient (Wildman–Crippen LogP) is 7.23. The van der Waals surface area contributed by atoms with Gasteiger partial charge in [0.25, 0.3) is 0 Å². The van der Waals surface area contributed by atoms with Gasteiger partial charge in [0.2, 0.25) is 5.88 Å². The Morgan fingerprint density at radius 3 is 2.47 bits per heavy atom. The number of halogens is 3. The molecule has 0 bridgehead atoms. The van der Waals surface area contributed by atoms with Crippen molar-refractivity contribution in [3.05, 3.63) is 65.5 Å². The van der Waals surface area contributed by atoms with Gasteiger partial charge < -0.3 is 4.74 Å². The van der Waals surface area contributed by atoms with Crippen molar-refractivity contribution in [3.8, 4) is 5.88 Å². The number of hydrogen-bond donors (Lipinski definition) is 0. The first-order chi connectivity index (χ1) is 16.3. The molecule has 1 atom stereocenters. The highest BCUT2D eigenvalue weighted by atomic mass is 19.4. The fraction of sp³-hybridized carbons (Fsp3) is 0.444. The smallest absolute Gasteiger partial charge is 0.416 e. The van der Waals surface area contributed by atoms with Crippen LogP contribution in [-0.4, -0.2) is 22.9 Å². The number of benzene rings is 1. The number of Topliss-reactive ketones (excluding diaryl/α,β-unsaturated/α-hetero) is 1. The highest BCUT2D eigenvalue weighted by molar-refractivity contribution is 5.96. The molecule has 4 rings (SSSR count). The summed E-state index contributed by atoms with van der Waals surface area (Å²) in [7, 11) is 1.54. The lowest BCUT2D eigenvalue weighted by Crippen LogP contribution is -2.23. The summed E-state index contributed by atoms with van der Waals surface area (Å²) in [6.45, 7) is 2.13. The van der Waals surface area contributed by atoms with Crippen LogP contribution in [0.25, 0.3) is 10.9 Å². The van der Waals surface area contributed by atoms with Gasteiger partial charge in [0, 0.05) is 35.8 Å². The fourth-order valence-corrected chi connectivity index (χ4v) is 5.27. The Balaban J connectivity index is 1.42. The van der Waals surface area contributed by atoms with E-state index in [1.165, 1.54) is 0 Å². The third-order valence-corrected chi connectivity index (χ3v) is 7.22. The first kappa shape index (κ1) is 24.2. The van der Waals surface area contributed by atoms with Crippen LogP contribution in [0.2, 0.25) is 0 Å². The molecule has 7 heteroatoms. The van der Waals surface area contributed by atoms with E-state index >= 15 is 0 Å². The van der Waals surface area contributed by atoms with Gasteiger partial charge in [0.05, 0.1) is 18.2 Å². The molecule has 2 heterocycles. The summed E-state index contributed by atoms with van der Waals surface area (Å²) in [5.74, 6) is 1.64. The minimum atomic E-state index is -4.38. The number of carbonyl (C=O) groups excluding carboxylic acids is 1. The molecule has 1 saturated carbocycles. The summed E-state index contributed by atoms with van der Waals surface area (Å²) in [5.41, 5.74) is 1.40. The lowest BCUT2D eigenvalue weighted by molar-refractivity contribution is -0.137. The van der Waals surface area contributed by atoms with Crippen LogP contribution >= 0.6 is 0 Å². The number of ketones is 1. The van der Waals surface area contributed by atoms with E-state index < -0.39 is 11.7 Å². The molecule has 180 valence electrons. The molecule has 2 aromatic heterocycles. The van der Waals surface area contributed by atoms with Gasteiger partial charge >= 0.3 is 6.18 Å². The highest BCUT2D eigenvalue weighted by Gasteiger charge is 2.32. The van der Waals surface area contributed by atoms with E-state index in [2.05, 4.69) is 16.9 Å². The van der Waals surface area contributed by atoms with E-state index in [9.17, 15) is 18.0 Å². The number of alkyl halides is 3. The Labute approximate surface area is 197 Å². The zero-order valence-corrected chi connectivity index (χ0v) is 19.4. The maximum absolute atomic E-state index is 13.1. The van der Waals surface area contributed by atoms with Gasteiger partial charge in [-0.25, -0.2) is 4.98 Å². The van der Waals surface area contributed by atoms with Crippen LogP contribution in [0.1, 0.15) is 72.9 Å². The molecule has 34 heavy (non-hydrogen) atoms. The zero-order chi connectivity index (χ0) is 24.3. The number of fused-ring (bicyclic) bond motifs is 1. The fourth-order valence-electron chi connectivity index (χ4n) is 5.27. The molecular weight excluding hydrogens is 441 g/mol. The van der Waals surface area contributed by atoms with Crippen molar-refractivity contribution in [3.63, 3.8) is 0 Å². The average Bonchev–Trinajstić information content (AvgIpc) is 2.86. The summed E-state index contributed by atoms with van der Waals surface area (Å²) in [6, 6.07) is 9.25. The van der Waals surface area contributed by atoms with Gasteiger partial charge in [-0.15, -0.1) is 0 Å². The summed E-state index contributed by atoms with van der Waals surface area (Å²) in [5, 5.41) is 0.799. The van der Waals surface area contributed by atoms with Crippen molar-refractivity contribution < 1.29 is 22.7 Å². The third kappa shape index (κ3) is 5.24. The van der Waals surface area contributed by atoms with Crippen LogP contribution in [0.5, 0.6) is 5.88 Å². The molecule has 1 aliphatic rings. The number of aromatic nitrogens is 2. The second-order valence-corrected chi connectivity index (χ2v) is 9.13. The molecule has 4 nitrogen and oxygen atoms in total. The minimum Gasteiger partial charge on any atom is -0.481 e. The zero-order valence-electron chi connectivity index (χ0n) is 19.4. The van der Waals surface area contributed by atoms with E-state index in [0.717, 1.165) is 55.2 Å². The molecule has 0 spiro atoms. The second kappa shape index (κ2) is 10.1. The number of nitrogens with zero attached hydrogens (tertiary/aromatic N) is 2. The number of hydrogen-bond acceptors (Lipinski definition) is 4. The Hall–Kier alpha value is -2.96. The maximum Gasteiger partial charge on any atom is 0.416 e. The first-order valence-corrected chi connectivity index (χ1v) is 11.8. The number of rotatable bonds is 7. The molecular formula is C27H29F3N2O2. The quantitative estimate of drug-likeness (QED) is 0.342. The SMILES string of the molecule is CC[C@H](CC(=O)c1ccc(OC)nc1)C1CCC(c2ccnc3cc(C(F)(F)F)ccc23)CC1. The normalized spacial score (nSPS) is 19.7. The molecule has 0 amide bonds. The first-order valence-electron chi connectivity index (χ1n) is 11.8. The van der Waals surface area contributed by atoms with Gasteiger partial charge in [-0.1, -0.05) is 19.4 Å². The lowest BCUT2D eigenvalue weighted by Gasteiger charge is -2.34. The largest absolute Gasteiger partial charge is 0.481 e. The average molecular weight is 471 g/mol. The van der Waals surface area contributed by atoms with Crippen LogP contribution in [0.4, 0.5) is 13.2 Å². The van der Waals surface area contributed by atoms with E-state index in [1.54, 1.807) is 37.7 Å². The van der Waals surface area contributed by atoms with Crippen molar-refractivity contribution in [1.29, 1.82) is 0 Å². The predicted molar refractivity (Wildman–Crippen MR) is 125 cm³/mol. The second-order valence-electron chi connectivity index (χ2n) is 9.13. The van der Waals surface area contributed by atoms with Crippen molar-refractivity contribution >= 4 is 16.7 Å². The number of pyridine rings is 2. The van der Waals surface area contributed by atoms with Crippen molar-refractivity contribution in [2.45, 2.75) is 57.5 Å². The van der Waals surface area contributed by atoms with E-state index in [4.69, 9.17) is 4.74 Å². The Bertz CT molecular complexity index is 1140. The Kier molecular flexibility index (Phi) is 7.19. The van der Waals surface area contributed by atoms with Crippen LogP contribution in [0, 0.1) is 11.8 Å². The van der Waals surface area contributed by atoms with Crippen LogP contribution < -0.4 is 4.74 Å². The summed E-state index contributed by atoms with van der Waals surface area (Å²) >= 11 is 0. The number of carbonyl (C=O) groups is 1. The highest BCUT2D eigenvalue weighted by Crippen LogP contribution is 2.43. The maximum atomic E-state index is 13.1. The standard InChI is InChI=1S/C27H29F3N2O2/c1-3-17(14-25(33)20-8-11-26(34-2)32-16-20)18-4-6-19(7-5-18)22-12-13-31-24-15-21(27(28,29)30)9-10-23(22)24/h8-13,15-19H,3-7,14H2,1-2H3/t17-,18?,19?/m1/s1. The van der Waals surface area contributed by atoms with Crippen molar-refractivity contribution in [2.24, 2.45) is 11.8 Å². The number of ether oxygens (including phenoxy) is 1. The van der Waals surface area contributed by atoms with Gasteiger partial charge in [0.15, 0.2) is 5.78 Å². The van der Waals surface area contributed by atoms with E-state index in [0.29, 0.717) is 35.2 Å². The monoisotopic (exact) mass is 470 g/mol. The Morgan fingerprint density at radius 1 is 1.09 bits per heavy atom. The Morgan fingerprint density at radius 2 is 1.85 bits per heavy atom. The topological polar surface area (TPSA) is 52.1 Å². The summed E-state index contributed by atoms with van der Waals surface area (Å²) in [4.78, 5) is 21.1. The molecule has 3 aromatic rings. The van der Waals surface area contributed by atoms with Crippen LogP contribution in [0.3, 0.4) is 0 Å². The minimum absolute atomic E-state index is 0.102. The lowest BCUT2D eigenvalue weighted by atomic mass is 9.71. The molecule has 0 N–H and O–H groups in total. The number of methoxy groups -OCH3 is 1. The molecule has 0 unspecified atom stereocenters. The van der Waals surface area contributed by atoms with Crippen molar-refractivity contribution in [1.82, 2.24) is 9.97 Å². The molecule has 0 radical (unpaired) electrons. The summed E-state index contributed by atoms with van der Waals surface area (Å²) in [6.07, 6.45) is 4.16. The van der Waals surface area contributed by atoms with E-state index in [1.807, 2.05) is 6.07 Å². The third-order valence-electron chi connectivity index (χ3n) is 7.22. The van der Waals surface area contributed by atoms with Crippen LogP contribution in [0.15, 0.2) is 48.8 Å². The van der Waals surface area contributed by atoms with Gasteiger partial charge in [-0.2, -0.15) is 13.2 Å².